The van der Waals surface area contributed by atoms with Gasteiger partial charge in [0.25, 0.3) is 0 Å². The third kappa shape index (κ3) is 16.2. The number of benzene rings is 2. The number of carboxylic acid groups (broad SMARTS) is 1. The van der Waals surface area contributed by atoms with Crippen LogP contribution in [0.25, 0.3) is 0 Å². The van der Waals surface area contributed by atoms with Crippen molar-refractivity contribution in [3.63, 3.8) is 0 Å². The van der Waals surface area contributed by atoms with Crippen LogP contribution in [0.2, 0.25) is 0 Å². The Kier molecular flexibility index (Phi) is 20.0. The lowest BCUT2D eigenvalue weighted by atomic mass is 10.0. The molecular formula is C37H55N7O10S. The maximum atomic E-state index is 14.0. The molecule has 13 N–H and O–H groups in total. The zero-order valence-corrected chi connectivity index (χ0v) is 32.0. The molecule has 0 saturated carbocycles. The van der Waals surface area contributed by atoms with E-state index < -0.39 is 77.9 Å². The molecule has 5 amide bonds. The Labute approximate surface area is 325 Å². The number of hydrogen-bond donors (Lipinski definition) is 12. The fourth-order valence-corrected chi connectivity index (χ4v) is 5.57. The number of aliphatic hydroxyl groups excluding tert-OH is 1. The molecule has 2 rings (SSSR count). The Balaban J connectivity index is 2.44. The number of aromatic hydroxyl groups is 2. The quantitative estimate of drug-likeness (QED) is 0.0467. The lowest BCUT2D eigenvalue weighted by molar-refractivity contribution is -0.142. The van der Waals surface area contributed by atoms with E-state index in [4.69, 9.17) is 11.5 Å². The first-order valence-electron chi connectivity index (χ1n) is 18.1. The molecule has 0 fully saturated rings. The van der Waals surface area contributed by atoms with Gasteiger partial charge in [-0.25, -0.2) is 4.79 Å². The Bertz CT molecular complexity index is 1560. The van der Waals surface area contributed by atoms with Gasteiger partial charge in [-0.3, -0.25) is 24.0 Å². The van der Waals surface area contributed by atoms with Gasteiger partial charge in [0.1, 0.15) is 41.7 Å². The molecule has 304 valence electrons. The highest BCUT2D eigenvalue weighted by atomic mass is 32.1. The molecule has 2 aromatic rings. The van der Waals surface area contributed by atoms with E-state index in [1.54, 1.807) is 12.1 Å². The van der Waals surface area contributed by atoms with Crippen molar-refractivity contribution in [2.24, 2.45) is 11.5 Å². The van der Waals surface area contributed by atoms with Crippen molar-refractivity contribution in [1.82, 2.24) is 26.6 Å². The third-order valence-electron chi connectivity index (χ3n) is 8.66. The summed E-state index contributed by atoms with van der Waals surface area (Å²) in [5, 5.41) is 52.4. The average molecular weight is 790 g/mol. The SMILES string of the molecule is CCCC[C@H](NC(=O)[C@H](Cc1ccc(O)cc1)NC(=O)[C@H](CCCCN)NC(=O)[C@H](Cc1ccc(O)cc1)NC(=O)[C@@H](NC(=O)[C@@H](N)CS)[C@@H](C)O)C(=O)O. The lowest BCUT2D eigenvalue weighted by Crippen LogP contribution is -2.61. The van der Waals surface area contributed by atoms with E-state index >= 15 is 0 Å². The fourth-order valence-electron chi connectivity index (χ4n) is 5.41. The van der Waals surface area contributed by atoms with Crippen molar-refractivity contribution in [1.29, 1.82) is 0 Å². The van der Waals surface area contributed by atoms with Gasteiger partial charge in [-0.1, -0.05) is 44.0 Å². The summed E-state index contributed by atoms with van der Waals surface area (Å²) in [4.78, 5) is 79.5. The number of carboxylic acids is 1. The standard InChI is InChI=1S/C37H55N7O10S/c1-3-4-7-28(37(53)54)41-35(51)29(18-22-9-13-24(46)14-10-22)42-33(49)27(8-5-6-17-38)40-34(50)30(19-23-11-15-25(47)16-12-23)43-36(52)31(21(2)45)44-32(48)26(39)20-55/h9-16,21,26-31,45-47,55H,3-8,17-20,38-39H2,1-2H3,(H,40,50)(H,41,51)(H,42,49)(H,43,52)(H,44,48)(H,53,54)/t21-,26+,27+,28+,29+,30+,31+/m1/s1. The number of aliphatic hydroxyl groups is 1. The van der Waals surface area contributed by atoms with E-state index in [0.717, 1.165) is 0 Å². The molecule has 0 radical (unpaired) electrons. The Morgan fingerprint density at radius 2 is 1.09 bits per heavy atom. The number of carbonyl (C=O) groups is 6. The minimum absolute atomic E-state index is 0.0284. The first kappa shape index (κ1) is 46.2. The third-order valence-corrected chi connectivity index (χ3v) is 9.05. The predicted molar refractivity (Wildman–Crippen MR) is 207 cm³/mol. The van der Waals surface area contributed by atoms with Crippen molar-refractivity contribution < 1.29 is 49.2 Å². The molecule has 18 heteroatoms. The predicted octanol–water partition coefficient (Wildman–Crippen LogP) is -0.651. The highest BCUT2D eigenvalue weighted by molar-refractivity contribution is 7.80. The van der Waals surface area contributed by atoms with Crippen molar-refractivity contribution >= 4 is 48.1 Å². The number of amides is 5. The van der Waals surface area contributed by atoms with Crippen LogP contribution in [-0.2, 0) is 41.6 Å². The topological polar surface area (TPSA) is 296 Å². The molecule has 17 nitrogen and oxygen atoms in total. The molecule has 55 heavy (non-hydrogen) atoms. The zero-order valence-electron chi connectivity index (χ0n) is 31.1. The largest absolute Gasteiger partial charge is 0.508 e. The summed E-state index contributed by atoms with van der Waals surface area (Å²) in [7, 11) is 0. The smallest absolute Gasteiger partial charge is 0.326 e. The van der Waals surface area contributed by atoms with Crippen LogP contribution in [0.3, 0.4) is 0 Å². The maximum absolute atomic E-state index is 14.0. The first-order valence-corrected chi connectivity index (χ1v) is 18.8. The van der Waals surface area contributed by atoms with Gasteiger partial charge in [0, 0.05) is 18.6 Å². The van der Waals surface area contributed by atoms with Crippen LogP contribution in [0, 0.1) is 0 Å². The van der Waals surface area contributed by atoms with Gasteiger partial charge in [0.05, 0.1) is 12.1 Å². The maximum Gasteiger partial charge on any atom is 0.326 e. The second-order valence-corrected chi connectivity index (χ2v) is 13.6. The van der Waals surface area contributed by atoms with Crippen LogP contribution in [0.4, 0.5) is 0 Å². The van der Waals surface area contributed by atoms with E-state index in [-0.39, 0.29) is 49.5 Å². The van der Waals surface area contributed by atoms with Crippen molar-refractivity contribution in [2.75, 3.05) is 12.3 Å². The van der Waals surface area contributed by atoms with Crippen LogP contribution in [0.1, 0.15) is 63.5 Å². The zero-order chi connectivity index (χ0) is 41.1. The van der Waals surface area contributed by atoms with E-state index in [2.05, 4.69) is 39.2 Å². The van der Waals surface area contributed by atoms with Crippen molar-refractivity contribution in [2.45, 2.75) is 108 Å². The number of nitrogens with two attached hydrogens (primary N) is 2. The van der Waals surface area contributed by atoms with Crippen LogP contribution in [0.15, 0.2) is 48.5 Å². The second-order valence-electron chi connectivity index (χ2n) is 13.3. The van der Waals surface area contributed by atoms with Crippen LogP contribution in [-0.4, -0.2) is 111 Å². The van der Waals surface area contributed by atoms with E-state index in [9.17, 15) is 49.2 Å². The first-order chi connectivity index (χ1) is 26.1. The van der Waals surface area contributed by atoms with Gasteiger partial charge in [-0.15, -0.1) is 0 Å². The number of thiol groups is 1. The summed E-state index contributed by atoms with van der Waals surface area (Å²) in [6.07, 6.45) is 0.625. The number of phenols is 2. The summed E-state index contributed by atoms with van der Waals surface area (Å²) >= 11 is 3.99. The summed E-state index contributed by atoms with van der Waals surface area (Å²) in [5.41, 5.74) is 12.5. The fraction of sp³-hybridized carbons (Fsp3) is 0.514. The van der Waals surface area contributed by atoms with Crippen LogP contribution < -0.4 is 38.1 Å². The normalized spacial score (nSPS) is 14.9. The molecular weight excluding hydrogens is 735 g/mol. The van der Waals surface area contributed by atoms with Gasteiger partial charge in [-0.2, -0.15) is 12.6 Å². The van der Waals surface area contributed by atoms with Crippen molar-refractivity contribution in [3.8, 4) is 11.5 Å². The molecule has 0 bridgehead atoms. The van der Waals surface area contributed by atoms with Crippen LogP contribution >= 0.6 is 12.6 Å². The van der Waals surface area contributed by atoms with Gasteiger partial charge >= 0.3 is 5.97 Å². The second kappa shape index (κ2) is 23.8. The highest BCUT2D eigenvalue weighted by Gasteiger charge is 2.34. The van der Waals surface area contributed by atoms with E-state index in [1.807, 2.05) is 6.92 Å². The number of unbranched alkanes of at least 4 members (excludes halogenated alkanes) is 2. The summed E-state index contributed by atoms with van der Waals surface area (Å²) in [5.74, 6) is -5.46. The van der Waals surface area contributed by atoms with Crippen LogP contribution in [0.5, 0.6) is 11.5 Å². The number of rotatable bonds is 24. The summed E-state index contributed by atoms with van der Waals surface area (Å²) in [6, 6.07) is 3.87. The minimum Gasteiger partial charge on any atom is -0.508 e. The molecule has 0 aliphatic heterocycles. The number of aliphatic carboxylic acids is 1. The average Bonchev–Trinajstić information content (AvgIpc) is 3.15. The Morgan fingerprint density at radius 1 is 0.655 bits per heavy atom. The molecule has 7 atom stereocenters. The Hall–Kier alpha value is -4.91. The minimum atomic E-state index is -1.52. The molecule has 0 unspecified atom stereocenters. The molecule has 2 aromatic carbocycles. The van der Waals surface area contributed by atoms with Gasteiger partial charge < -0.3 is 58.5 Å². The summed E-state index contributed by atoms with van der Waals surface area (Å²) < 4.78 is 0. The highest BCUT2D eigenvalue weighted by Crippen LogP contribution is 2.15. The molecule has 0 heterocycles. The van der Waals surface area contributed by atoms with Gasteiger partial charge in [-0.05, 0) is 74.5 Å². The van der Waals surface area contributed by atoms with E-state index in [1.165, 1.54) is 43.3 Å². The number of phenolic OH excluding ortho intramolecular Hbond substituents is 2. The van der Waals surface area contributed by atoms with Crippen molar-refractivity contribution in [3.05, 3.63) is 59.7 Å². The molecule has 0 spiro atoms. The van der Waals surface area contributed by atoms with Gasteiger partial charge in [0.15, 0.2) is 0 Å². The number of carbonyl (C=O) groups excluding carboxylic acids is 5. The van der Waals surface area contributed by atoms with Gasteiger partial charge in [0.2, 0.25) is 29.5 Å². The monoisotopic (exact) mass is 789 g/mol. The molecule has 0 aliphatic rings. The number of nitrogens with one attached hydrogen (secondary N) is 5. The summed E-state index contributed by atoms with van der Waals surface area (Å²) in [6.45, 7) is 3.42. The molecule has 0 aliphatic carbocycles. The van der Waals surface area contributed by atoms with E-state index in [0.29, 0.717) is 36.8 Å². The molecule has 0 aromatic heterocycles. The molecule has 0 saturated heterocycles. The number of hydrogen-bond acceptors (Lipinski definition) is 12. The Morgan fingerprint density at radius 3 is 1.53 bits per heavy atom. The lowest BCUT2D eigenvalue weighted by Gasteiger charge is -2.28.